The Balaban J connectivity index is 2.11. The van der Waals surface area contributed by atoms with Crippen molar-refractivity contribution in [3.05, 3.63) is 59.2 Å². The van der Waals surface area contributed by atoms with Crippen molar-refractivity contribution in [1.29, 1.82) is 0 Å². The molecule has 0 radical (unpaired) electrons. The van der Waals surface area contributed by atoms with Crippen LogP contribution in [0.3, 0.4) is 0 Å². The molecule has 1 aliphatic rings. The lowest BCUT2D eigenvalue weighted by molar-refractivity contribution is -0.140. The van der Waals surface area contributed by atoms with Crippen LogP contribution in [0.1, 0.15) is 37.4 Å². The molecule has 1 aliphatic heterocycles. The van der Waals surface area contributed by atoms with Crippen molar-refractivity contribution in [2.24, 2.45) is 0 Å². The number of hydrogen-bond acceptors (Lipinski definition) is 7. The number of hydrogen-bond donors (Lipinski definition) is 1. The molecule has 2 aromatic rings. The summed E-state index contributed by atoms with van der Waals surface area (Å²) in [6, 6.07) is 11.4. The predicted molar refractivity (Wildman–Crippen MR) is 134 cm³/mol. The summed E-state index contributed by atoms with van der Waals surface area (Å²) in [6.07, 6.45) is 0.845. The maximum Gasteiger partial charge on any atom is 0.295 e. The van der Waals surface area contributed by atoms with E-state index in [-0.39, 0.29) is 11.3 Å². The maximum atomic E-state index is 13.2. The summed E-state index contributed by atoms with van der Waals surface area (Å²) >= 11 is 0. The minimum absolute atomic E-state index is 0.0437. The molecule has 0 bridgehead atoms. The van der Waals surface area contributed by atoms with E-state index in [0.717, 1.165) is 6.42 Å². The first-order valence-electron chi connectivity index (χ1n) is 11.8. The summed E-state index contributed by atoms with van der Waals surface area (Å²) in [5, 5.41) is 11.2. The third-order valence-electron chi connectivity index (χ3n) is 5.73. The number of likely N-dealkylation sites (N-methyl/N-ethyl adjacent to an activating group) is 1. The van der Waals surface area contributed by atoms with Gasteiger partial charge in [-0.2, -0.15) is 0 Å². The first kappa shape index (κ1) is 26.1. The second-order valence-electron chi connectivity index (χ2n) is 8.51. The summed E-state index contributed by atoms with van der Waals surface area (Å²) < 4.78 is 16.8. The van der Waals surface area contributed by atoms with Crippen LogP contribution in [0, 0.1) is 0 Å². The zero-order valence-corrected chi connectivity index (χ0v) is 21.0. The van der Waals surface area contributed by atoms with E-state index in [2.05, 4.69) is 0 Å². The quantitative estimate of drug-likeness (QED) is 0.296. The monoisotopic (exact) mass is 482 g/mol. The van der Waals surface area contributed by atoms with Gasteiger partial charge in [0.05, 0.1) is 31.9 Å². The molecule has 0 aromatic heterocycles. The molecule has 1 fully saturated rings. The first-order valence-corrected chi connectivity index (χ1v) is 11.8. The molecule has 0 spiro atoms. The van der Waals surface area contributed by atoms with Crippen molar-refractivity contribution in [2.75, 3.05) is 47.5 Å². The van der Waals surface area contributed by atoms with Gasteiger partial charge in [-0.15, -0.1) is 0 Å². The van der Waals surface area contributed by atoms with E-state index in [1.54, 1.807) is 49.6 Å². The van der Waals surface area contributed by atoms with Gasteiger partial charge in [0.2, 0.25) is 0 Å². The standard InChI is InChI=1S/C27H34N2O6/c1-6-16-35-21-13-10-19(17-22(21)33-5)24-23(26(31)27(32)29(24)15-14-28(3)4)25(30)18-8-11-20(12-9-18)34-7-2/h8-13,17,24,30H,6-7,14-16H2,1-5H3/b25-23+/t24-/m0/s1. The Hall–Kier alpha value is -3.52. The minimum Gasteiger partial charge on any atom is -0.507 e. The number of benzene rings is 2. The van der Waals surface area contributed by atoms with Gasteiger partial charge in [-0.1, -0.05) is 13.0 Å². The Morgan fingerprint density at radius 3 is 2.34 bits per heavy atom. The average molecular weight is 483 g/mol. The summed E-state index contributed by atoms with van der Waals surface area (Å²) in [7, 11) is 5.34. The van der Waals surface area contributed by atoms with Crippen LogP contribution in [0.25, 0.3) is 5.76 Å². The molecule has 1 heterocycles. The van der Waals surface area contributed by atoms with Gasteiger partial charge in [-0.3, -0.25) is 9.59 Å². The lowest BCUT2D eigenvalue weighted by atomic mass is 9.95. The van der Waals surface area contributed by atoms with E-state index >= 15 is 0 Å². The van der Waals surface area contributed by atoms with Crippen LogP contribution < -0.4 is 14.2 Å². The van der Waals surface area contributed by atoms with Crippen LogP contribution in [0.5, 0.6) is 17.2 Å². The molecule has 1 N–H and O–H groups in total. The van der Waals surface area contributed by atoms with Crippen LogP contribution >= 0.6 is 0 Å². The molecule has 0 unspecified atom stereocenters. The number of rotatable bonds is 11. The maximum absolute atomic E-state index is 13.2. The second-order valence-corrected chi connectivity index (χ2v) is 8.51. The van der Waals surface area contributed by atoms with Gasteiger partial charge in [0.15, 0.2) is 11.5 Å². The number of ketones is 1. The number of likely N-dealkylation sites (tertiary alicyclic amines) is 1. The number of nitrogens with zero attached hydrogens (tertiary/aromatic N) is 2. The van der Waals surface area contributed by atoms with E-state index in [0.29, 0.717) is 54.7 Å². The number of carbonyl (C=O) groups is 2. The van der Waals surface area contributed by atoms with Gasteiger partial charge in [-0.05, 0) is 69.4 Å². The third-order valence-corrected chi connectivity index (χ3v) is 5.73. The molecule has 188 valence electrons. The smallest absolute Gasteiger partial charge is 0.295 e. The first-order chi connectivity index (χ1) is 16.8. The molecular formula is C27H34N2O6. The number of aliphatic hydroxyl groups is 1. The van der Waals surface area contributed by atoms with Crippen molar-refractivity contribution in [3.8, 4) is 17.2 Å². The molecule has 1 saturated heterocycles. The number of amides is 1. The molecule has 8 nitrogen and oxygen atoms in total. The highest BCUT2D eigenvalue weighted by molar-refractivity contribution is 6.46. The fraction of sp³-hybridized carbons (Fsp3) is 0.407. The Morgan fingerprint density at radius 1 is 1.03 bits per heavy atom. The number of aliphatic hydroxyl groups excluding tert-OH is 1. The Kier molecular flexibility index (Phi) is 8.76. The summed E-state index contributed by atoms with van der Waals surface area (Å²) in [6.45, 7) is 5.83. The molecule has 8 heteroatoms. The van der Waals surface area contributed by atoms with E-state index in [1.807, 2.05) is 32.8 Å². The number of methoxy groups -OCH3 is 1. The van der Waals surface area contributed by atoms with Gasteiger partial charge in [-0.25, -0.2) is 0 Å². The van der Waals surface area contributed by atoms with Crippen molar-refractivity contribution in [2.45, 2.75) is 26.3 Å². The summed E-state index contributed by atoms with van der Waals surface area (Å²) in [5.41, 5.74) is 1.12. The van der Waals surface area contributed by atoms with Gasteiger partial charge in [0.1, 0.15) is 11.5 Å². The van der Waals surface area contributed by atoms with Crippen LogP contribution in [0.4, 0.5) is 0 Å². The SMILES string of the molecule is CCCOc1ccc([C@H]2/C(=C(\O)c3ccc(OCC)cc3)C(=O)C(=O)N2CCN(C)C)cc1OC. The second kappa shape index (κ2) is 11.8. The average Bonchev–Trinajstić information content (AvgIpc) is 3.11. The molecular weight excluding hydrogens is 448 g/mol. The summed E-state index contributed by atoms with van der Waals surface area (Å²) in [5.74, 6) is 0.138. The van der Waals surface area contributed by atoms with Gasteiger partial charge in [0, 0.05) is 18.7 Å². The van der Waals surface area contributed by atoms with Gasteiger partial charge in [0.25, 0.3) is 11.7 Å². The molecule has 0 saturated carbocycles. The topological polar surface area (TPSA) is 88.5 Å². The third kappa shape index (κ3) is 5.77. The highest BCUT2D eigenvalue weighted by Gasteiger charge is 2.46. The molecule has 0 aliphatic carbocycles. The minimum atomic E-state index is -0.768. The number of Topliss-reactive ketones (excluding diaryl/α,β-unsaturated/α-hetero) is 1. The largest absolute Gasteiger partial charge is 0.507 e. The van der Waals surface area contributed by atoms with Crippen LogP contribution in [0.2, 0.25) is 0 Å². The van der Waals surface area contributed by atoms with Crippen LogP contribution in [0.15, 0.2) is 48.0 Å². The lowest BCUT2D eigenvalue weighted by Crippen LogP contribution is -2.35. The molecule has 3 rings (SSSR count). The van der Waals surface area contributed by atoms with E-state index < -0.39 is 17.7 Å². The molecule has 1 atom stereocenters. The normalized spacial score (nSPS) is 17.2. The Morgan fingerprint density at radius 2 is 1.74 bits per heavy atom. The van der Waals surface area contributed by atoms with Crippen molar-refractivity contribution < 1.29 is 28.9 Å². The zero-order valence-electron chi connectivity index (χ0n) is 21.0. The molecule has 35 heavy (non-hydrogen) atoms. The fourth-order valence-corrected chi connectivity index (χ4v) is 3.98. The van der Waals surface area contributed by atoms with Gasteiger partial charge >= 0.3 is 0 Å². The molecule has 1 amide bonds. The van der Waals surface area contributed by atoms with Crippen molar-refractivity contribution in [1.82, 2.24) is 9.80 Å². The Bertz CT molecular complexity index is 1080. The fourth-order valence-electron chi connectivity index (χ4n) is 3.98. The Labute approximate surface area is 206 Å². The van der Waals surface area contributed by atoms with E-state index in [4.69, 9.17) is 14.2 Å². The molecule has 2 aromatic carbocycles. The van der Waals surface area contributed by atoms with Crippen LogP contribution in [-0.4, -0.2) is 74.1 Å². The summed E-state index contributed by atoms with van der Waals surface area (Å²) in [4.78, 5) is 29.7. The predicted octanol–water partition coefficient (Wildman–Crippen LogP) is 3.87. The van der Waals surface area contributed by atoms with Crippen molar-refractivity contribution >= 4 is 17.4 Å². The highest BCUT2D eigenvalue weighted by atomic mass is 16.5. The van der Waals surface area contributed by atoms with Crippen LogP contribution in [-0.2, 0) is 9.59 Å². The number of ether oxygens (including phenoxy) is 3. The van der Waals surface area contributed by atoms with E-state index in [9.17, 15) is 14.7 Å². The lowest BCUT2D eigenvalue weighted by Gasteiger charge is -2.27. The number of carbonyl (C=O) groups excluding carboxylic acids is 2. The van der Waals surface area contributed by atoms with Crippen molar-refractivity contribution in [3.63, 3.8) is 0 Å². The zero-order chi connectivity index (χ0) is 25.5. The van der Waals surface area contributed by atoms with Gasteiger partial charge < -0.3 is 29.1 Å². The highest BCUT2D eigenvalue weighted by Crippen LogP contribution is 2.42. The van der Waals surface area contributed by atoms with E-state index in [1.165, 1.54) is 4.90 Å².